The van der Waals surface area contributed by atoms with E-state index in [1.165, 1.54) is 31.4 Å². The van der Waals surface area contributed by atoms with Crippen molar-refractivity contribution in [1.82, 2.24) is 10.6 Å². The van der Waals surface area contributed by atoms with Crippen LogP contribution >= 0.6 is 0 Å². The van der Waals surface area contributed by atoms with E-state index in [1.54, 1.807) is 7.11 Å². The Kier molecular flexibility index (Phi) is 5.23. The van der Waals surface area contributed by atoms with Gasteiger partial charge in [-0.1, -0.05) is 12.1 Å². The molecule has 2 rings (SSSR count). The summed E-state index contributed by atoms with van der Waals surface area (Å²) in [6, 6.07) is 9.93. The predicted molar refractivity (Wildman–Crippen MR) is 79.6 cm³/mol. The van der Waals surface area contributed by atoms with Crippen LogP contribution in [0.5, 0.6) is 5.75 Å². The van der Waals surface area contributed by atoms with Crippen molar-refractivity contribution < 1.29 is 4.74 Å². The summed E-state index contributed by atoms with van der Waals surface area (Å²) in [4.78, 5) is 0. The van der Waals surface area contributed by atoms with Gasteiger partial charge >= 0.3 is 0 Å². The fraction of sp³-hybridized carbons (Fsp3) is 0.625. The molecule has 106 valence electrons. The first-order valence-corrected chi connectivity index (χ1v) is 7.32. The van der Waals surface area contributed by atoms with Crippen LogP contribution in [0, 0.1) is 0 Å². The first-order chi connectivity index (χ1) is 9.19. The molecule has 0 spiro atoms. The standard InChI is InChI=1S/C16H26N2O/c1-12(11-15-5-4-10-17-15)18-13(2)14-6-8-16(19-3)9-7-14/h6-9,12-13,15,17-18H,4-5,10-11H2,1-3H3. The second-order valence-corrected chi connectivity index (χ2v) is 5.59. The van der Waals surface area contributed by atoms with Crippen LogP contribution < -0.4 is 15.4 Å². The molecule has 0 radical (unpaired) electrons. The molecule has 19 heavy (non-hydrogen) atoms. The number of hydrogen-bond acceptors (Lipinski definition) is 3. The van der Waals surface area contributed by atoms with E-state index in [1.807, 2.05) is 12.1 Å². The summed E-state index contributed by atoms with van der Waals surface area (Å²) in [5.41, 5.74) is 1.31. The van der Waals surface area contributed by atoms with Crippen molar-refractivity contribution in [3.05, 3.63) is 29.8 Å². The van der Waals surface area contributed by atoms with Crippen LogP contribution in [0.1, 0.15) is 44.7 Å². The third-order valence-electron chi connectivity index (χ3n) is 3.95. The summed E-state index contributed by atoms with van der Waals surface area (Å²) in [6.45, 7) is 5.69. The summed E-state index contributed by atoms with van der Waals surface area (Å²) in [5, 5.41) is 7.24. The Morgan fingerprint density at radius 1 is 1.32 bits per heavy atom. The number of methoxy groups -OCH3 is 1. The Bertz CT molecular complexity index is 371. The number of ether oxygens (including phenoxy) is 1. The molecule has 3 nitrogen and oxygen atoms in total. The van der Waals surface area contributed by atoms with E-state index in [9.17, 15) is 0 Å². The maximum Gasteiger partial charge on any atom is 0.118 e. The van der Waals surface area contributed by atoms with Gasteiger partial charge in [-0.05, 0) is 57.4 Å². The van der Waals surface area contributed by atoms with Crippen LogP contribution in [-0.2, 0) is 0 Å². The van der Waals surface area contributed by atoms with Crippen molar-refractivity contribution >= 4 is 0 Å². The molecule has 0 aromatic heterocycles. The summed E-state index contributed by atoms with van der Waals surface area (Å²) in [7, 11) is 1.70. The Labute approximate surface area is 116 Å². The summed E-state index contributed by atoms with van der Waals surface area (Å²) >= 11 is 0. The Hall–Kier alpha value is -1.06. The Morgan fingerprint density at radius 2 is 2.05 bits per heavy atom. The molecule has 0 bridgehead atoms. The molecule has 0 amide bonds. The molecule has 0 saturated carbocycles. The van der Waals surface area contributed by atoms with Crippen LogP contribution in [0.15, 0.2) is 24.3 Å². The molecule has 1 aromatic carbocycles. The van der Waals surface area contributed by atoms with Gasteiger partial charge in [0.1, 0.15) is 5.75 Å². The van der Waals surface area contributed by atoms with Gasteiger partial charge in [-0.15, -0.1) is 0 Å². The van der Waals surface area contributed by atoms with Crippen molar-refractivity contribution in [2.75, 3.05) is 13.7 Å². The molecule has 3 atom stereocenters. The van der Waals surface area contributed by atoms with Gasteiger partial charge in [-0.25, -0.2) is 0 Å². The third kappa shape index (κ3) is 4.22. The summed E-state index contributed by atoms with van der Waals surface area (Å²) in [6.07, 6.45) is 3.86. The lowest BCUT2D eigenvalue weighted by Gasteiger charge is -2.23. The highest BCUT2D eigenvalue weighted by molar-refractivity contribution is 5.28. The molecule has 1 heterocycles. The molecule has 1 saturated heterocycles. The number of rotatable bonds is 6. The topological polar surface area (TPSA) is 33.3 Å². The van der Waals surface area contributed by atoms with E-state index in [-0.39, 0.29) is 0 Å². The van der Waals surface area contributed by atoms with E-state index < -0.39 is 0 Å². The zero-order valence-electron chi connectivity index (χ0n) is 12.3. The van der Waals surface area contributed by atoms with E-state index in [2.05, 4.69) is 36.6 Å². The Balaban J connectivity index is 1.82. The van der Waals surface area contributed by atoms with E-state index in [0.717, 1.165) is 5.75 Å². The van der Waals surface area contributed by atoms with Gasteiger partial charge in [0.05, 0.1) is 7.11 Å². The normalized spacial score (nSPS) is 22.2. The van der Waals surface area contributed by atoms with Gasteiger partial charge in [0.15, 0.2) is 0 Å². The molecule has 1 aliphatic heterocycles. The monoisotopic (exact) mass is 262 g/mol. The molecule has 3 heteroatoms. The molecule has 2 N–H and O–H groups in total. The highest BCUT2D eigenvalue weighted by Crippen LogP contribution is 2.19. The fourth-order valence-electron chi connectivity index (χ4n) is 2.87. The van der Waals surface area contributed by atoms with Gasteiger partial charge in [-0.3, -0.25) is 0 Å². The minimum Gasteiger partial charge on any atom is -0.497 e. The van der Waals surface area contributed by atoms with Crippen LogP contribution in [-0.4, -0.2) is 25.7 Å². The van der Waals surface area contributed by atoms with E-state index in [0.29, 0.717) is 18.1 Å². The highest BCUT2D eigenvalue weighted by Gasteiger charge is 2.18. The predicted octanol–water partition coefficient (Wildman–Crippen LogP) is 2.88. The number of nitrogens with one attached hydrogen (secondary N) is 2. The molecule has 1 aliphatic rings. The molecular weight excluding hydrogens is 236 g/mol. The van der Waals surface area contributed by atoms with E-state index in [4.69, 9.17) is 4.74 Å². The first-order valence-electron chi connectivity index (χ1n) is 7.32. The van der Waals surface area contributed by atoms with Crippen LogP contribution in [0.2, 0.25) is 0 Å². The minimum atomic E-state index is 0.377. The smallest absolute Gasteiger partial charge is 0.118 e. The lowest BCUT2D eigenvalue weighted by molar-refractivity contribution is 0.405. The third-order valence-corrected chi connectivity index (χ3v) is 3.95. The average molecular weight is 262 g/mol. The molecule has 1 fully saturated rings. The molecule has 1 aromatic rings. The number of hydrogen-bond donors (Lipinski definition) is 2. The second kappa shape index (κ2) is 6.92. The minimum absolute atomic E-state index is 0.377. The lowest BCUT2D eigenvalue weighted by Crippen LogP contribution is -2.35. The lowest BCUT2D eigenvalue weighted by atomic mass is 10.0. The second-order valence-electron chi connectivity index (χ2n) is 5.59. The van der Waals surface area contributed by atoms with Crippen molar-refractivity contribution in [2.45, 2.75) is 51.2 Å². The maximum atomic E-state index is 5.19. The quantitative estimate of drug-likeness (QED) is 0.827. The van der Waals surface area contributed by atoms with E-state index >= 15 is 0 Å². The fourth-order valence-corrected chi connectivity index (χ4v) is 2.87. The van der Waals surface area contributed by atoms with Crippen LogP contribution in [0.4, 0.5) is 0 Å². The molecule has 0 aliphatic carbocycles. The zero-order chi connectivity index (χ0) is 13.7. The molecular formula is C16H26N2O. The SMILES string of the molecule is COc1ccc(C(C)NC(C)CC2CCCN2)cc1. The van der Waals surface area contributed by atoms with Gasteiger partial charge in [-0.2, -0.15) is 0 Å². The van der Waals surface area contributed by atoms with Gasteiger partial charge in [0.25, 0.3) is 0 Å². The summed E-state index contributed by atoms with van der Waals surface area (Å²) in [5.74, 6) is 0.916. The number of benzene rings is 1. The van der Waals surface area contributed by atoms with Gasteiger partial charge in [0, 0.05) is 18.1 Å². The van der Waals surface area contributed by atoms with Crippen molar-refractivity contribution in [3.8, 4) is 5.75 Å². The van der Waals surface area contributed by atoms with Crippen molar-refractivity contribution in [1.29, 1.82) is 0 Å². The van der Waals surface area contributed by atoms with Gasteiger partial charge in [0.2, 0.25) is 0 Å². The first kappa shape index (κ1) is 14.4. The van der Waals surface area contributed by atoms with Crippen LogP contribution in [0.3, 0.4) is 0 Å². The van der Waals surface area contributed by atoms with Crippen molar-refractivity contribution in [3.63, 3.8) is 0 Å². The maximum absolute atomic E-state index is 5.19. The van der Waals surface area contributed by atoms with Gasteiger partial charge < -0.3 is 15.4 Å². The average Bonchev–Trinajstić information content (AvgIpc) is 2.91. The van der Waals surface area contributed by atoms with Crippen LogP contribution in [0.25, 0.3) is 0 Å². The zero-order valence-corrected chi connectivity index (χ0v) is 12.3. The Morgan fingerprint density at radius 3 is 2.63 bits per heavy atom. The summed E-state index contributed by atoms with van der Waals surface area (Å²) < 4.78 is 5.19. The highest BCUT2D eigenvalue weighted by atomic mass is 16.5. The molecule has 3 unspecified atom stereocenters. The largest absolute Gasteiger partial charge is 0.497 e. The van der Waals surface area contributed by atoms with Crippen molar-refractivity contribution in [2.24, 2.45) is 0 Å².